The Kier molecular flexibility index (Phi) is 3.32. The first-order valence-corrected chi connectivity index (χ1v) is 6.24. The molecule has 0 amide bonds. The Morgan fingerprint density at radius 1 is 1.62 bits per heavy atom. The molecule has 1 aliphatic heterocycles. The fourth-order valence-corrected chi connectivity index (χ4v) is 2.75. The first-order chi connectivity index (χ1) is 5.97. The summed E-state index contributed by atoms with van der Waals surface area (Å²) in [5, 5.41) is 9.29. The number of hydrogen-bond acceptors (Lipinski definition) is 3. The van der Waals surface area contributed by atoms with Crippen LogP contribution in [0.1, 0.15) is 20.3 Å². The molecule has 0 aliphatic carbocycles. The van der Waals surface area contributed by atoms with E-state index in [9.17, 15) is 13.5 Å². The van der Waals surface area contributed by atoms with Gasteiger partial charge in [0.15, 0.2) is 0 Å². The van der Waals surface area contributed by atoms with Crippen LogP contribution in [-0.2, 0) is 10.0 Å². The third-order valence-corrected chi connectivity index (χ3v) is 4.48. The van der Waals surface area contributed by atoms with Gasteiger partial charge in [-0.25, -0.2) is 12.7 Å². The monoisotopic (exact) mass is 207 g/mol. The van der Waals surface area contributed by atoms with Gasteiger partial charge in [0.1, 0.15) is 0 Å². The molecule has 13 heavy (non-hydrogen) atoms. The molecule has 1 saturated heterocycles. The second-order valence-corrected chi connectivity index (χ2v) is 5.81. The minimum Gasteiger partial charge on any atom is -0.393 e. The molecule has 1 aliphatic rings. The molecule has 4 nitrogen and oxygen atoms in total. The molecular weight excluding hydrogens is 190 g/mol. The molecule has 0 saturated carbocycles. The van der Waals surface area contributed by atoms with Crippen LogP contribution >= 0.6 is 0 Å². The normalized spacial score (nSPS) is 27.8. The van der Waals surface area contributed by atoms with Gasteiger partial charge in [-0.3, -0.25) is 0 Å². The first kappa shape index (κ1) is 10.9. The number of hydrogen-bond donors (Lipinski definition) is 1. The molecule has 0 aromatic carbocycles. The van der Waals surface area contributed by atoms with Crippen molar-refractivity contribution in [2.45, 2.75) is 26.4 Å². The van der Waals surface area contributed by atoms with Crippen molar-refractivity contribution in [1.82, 2.24) is 4.31 Å². The van der Waals surface area contributed by atoms with Crippen molar-refractivity contribution < 1.29 is 13.5 Å². The third-order valence-electron chi connectivity index (χ3n) is 2.63. The molecule has 0 radical (unpaired) electrons. The second kappa shape index (κ2) is 3.94. The lowest BCUT2D eigenvalue weighted by molar-refractivity contribution is 0.133. The van der Waals surface area contributed by atoms with Gasteiger partial charge in [0, 0.05) is 13.1 Å². The minimum absolute atomic E-state index is 0.112. The summed E-state index contributed by atoms with van der Waals surface area (Å²) in [4.78, 5) is 0. The van der Waals surface area contributed by atoms with E-state index in [4.69, 9.17) is 0 Å². The van der Waals surface area contributed by atoms with E-state index in [1.165, 1.54) is 4.31 Å². The highest BCUT2D eigenvalue weighted by atomic mass is 32.2. The number of aliphatic hydroxyl groups is 1. The van der Waals surface area contributed by atoms with Gasteiger partial charge in [0.05, 0.1) is 11.9 Å². The van der Waals surface area contributed by atoms with Crippen molar-refractivity contribution in [3.05, 3.63) is 0 Å². The Balaban J connectivity index is 2.60. The van der Waals surface area contributed by atoms with Crippen molar-refractivity contribution in [3.8, 4) is 0 Å². The maximum absolute atomic E-state index is 11.4. The zero-order chi connectivity index (χ0) is 10.1. The number of aliphatic hydroxyl groups excluding tert-OH is 1. The quantitative estimate of drug-likeness (QED) is 0.711. The van der Waals surface area contributed by atoms with Crippen LogP contribution in [0.25, 0.3) is 0 Å². The van der Waals surface area contributed by atoms with Crippen LogP contribution in [0.4, 0.5) is 0 Å². The molecule has 0 spiro atoms. The van der Waals surface area contributed by atoms with Crippen molar-refractivity contribution in [2.75, 3.05) is 18.8 Å². The van der Waals surface area contributed by atoms with Crippen molar-refractivity contribution in [2.24, 2.45) is 5.92 Å². The molecule has 2 unspecified atom stereocenters. The first-order valence-electron chi connectivity index (χ1n) is 4.63. The molecule has 78 valence electrons. The Morgan fingerprint density at radius 3 is 2.62 bits per heavy atom. The Hall–Kier alpha value is -0.130. The number of nitrogens with zero attached hydrogens (tertiary/aromatic N) is 1. The van der Waals surface area contributed by atoms with E-state index < -0.39 is 16.1 Å². The van der Waals surface area contributed by atoms with Crippen molar-refractivity contribution >= 4 is 10.0 Å². The molecule has 0 aromatic rings. The summed E-state index contributed by atoms with van der Waals surface area (Å²) in [7, 11) is -3.04. The van der Waals surface area contributed by atoms with Gasteiger partial charge in [-0.2, -0.15) is 0 Å². The Labute approximate surface area is 79.6 Å². The van der Waals surface area contributed by atoms with Crippen molar-refractivity contribution in [1.29, 1.82) is 0 Å². The van der Waals surface area contributed by atoms with Gasteiger partial charge < -0.3 is 5.11 Å². The predicted molar refractivity (Wildman–Crippen MR) is 50.8 cm³/mol. The highest BCUT2D eigenvalue weighted by Gasteiger charge is 2.32. The van der Waals surface area contributed by atoms with Crippen LogP contribution in [-0.4, -0.2) is 42.8 Å². The molecule has 5 heteroatoms. The summed E-state index contributed by atoms with van der Waals surface area (Å²) >= 11 is 0. The summed E-state index contributed by atoms with van der Waals surface area (Å²) in [6.07, 6.45) is 0.369. The van der Waals surface area contributed by atoms with Crippen LogP contribution in [0.15, 0.2) is 0 Å². The molecule has 1 heterocycles. The molecular formula is C8H17NO3S. The molecule has 1 N–H and O–H groups in total. The molecule has 0 bridgehead atoms. The second-order valence-electron chi connectivity index (χ2n) is 3.55. The summed E-state index contributed by atoms with van der Waals surface area (Å²) in [6.45, 7) is 4.40. The summed E-state index contributed by atoms with van der Waals surface area (Å²) < 4.78 is 24.3. The van der Waals surface area contributed by atoms with Crippen LogP contribution in [0.2, 0.25) is 0 Å². The van der Waals surface area contributed by atoms with E-state index in [0.717, 1.165) is 6.42 Å². The van der Waals surface area contributed by atoms with Gasteiger partial charge in [-0.1, -0.05) is 0 Å². The van der Waals surface area contributed by atoms with Crippen LogP contribution < -0.4 is 0 Å². The lowest BCUT2D eigenvalue weighted by Crippen LogP contribution is -2.31. The average molecular weight is 207 g/mol. The summed E-state index contributed by atoms with van der Waals surface area (Å²) in [5.74, 6) is 0.265. The zero-order valence-electron chi connectivity index (χ0n) is 8.10. The van der Waals surface area contributed by atoms with Gasteiger partial charge in [0.2, 0.25) is 10.0 Å². The standard InChI is InChI=1S/C8H17NO3S/c1-3-13(11,12)9-5-4-8(6-9)7(2)10/h7-8,10H,3-6H2,1-2H3. The van der Waals surface area contributed by atoms with Gasteiger partial charge >= 0.3 is 0 Å². The number of rotatable bonds is 3. The van der Waals surface area contributed by atoms with Gasteiger partial charge in [-0.15, -0.1) is 0 Å². The lowest BCUT2D eigenvalue weighted by Gasteiger charge is -2.16. The topological polar surface area (TPSA) is 57.6 Å². The predicted octanol–water partition coefficient (Wildman–Crippen LogP) is 0.0388. The highest BCUT2D eigenvalue weighted by molar-refractivity contribution is 7.89. The van der Waals surface area contributed by atoms with E-state index in [1.807, 2.05) is 0 Å². The van der Waals surface area contributed by atoms with Crippen LogP contribution in [0, 0.1) is 5.92 Å². The summed E-state index contributed by atoms with van der Waals surface area (Å²) in [5.41, 5.74) is 0. The Bertz CT molecular complexity index is 261. The van der Waals surface area contributed by atoms with E-state index >= 15 is 0 Å². The molecule has 0 aromatic heterocycles. The SMILES string of the molecule is CCS(=O)(=O)N1CCC(C(C)O)C1. The van der Waals surface area contributed by atoms with E-state index in [1.54, 1.807) is 13.8 Å². The average Bonchev–Trinajstić information content (AvgIpc) is 2.52. The minimum atomic E-state index is -3.04. The molecule has 1 rings (SSSR count). The third kappa shape index (κ3) is 2.42. The van der Waals surface area contributed by atoms with Gasteiger partial charge in [-0.05, 0) is 26.2 Å². The fourth-order valence-electron chi connectivity index (χ4n) is 1.58. The lowest BCUT2D eigenvalue weighted by atomic mass is 10.0. The van der Waals surface area contributed by atoms with Crippen LogP contribution in [0.5, 0.6) is 0 Å². The molecule has 2 atom stereocenters. The van der Waals surface area contributed by atoms with Gasteiger partial charge in [0.25, 0.3) is 0 Å². The summed E-state index contributed by atoms with van der Waals surface area (Å²) in [6, 6.07) is 0. The maximum atomic E-state index is 11.4. The smallest absolute Gasteiger partial charge is 0.213 e. The van der Waals surface area contributed by atoms with E-state index in [2.05, 4.69) is 0 Å². The van der Waals surface area contributed by atoms with Crippen molar-refractivity contribution in [3.63, 3.8) is 0 Å². The van der Waals surface area contributed by atoms with E-state index in [-0.39, 0.29) is 11.7 Å². The Morgan fingerprint density at radius 2 is 2.23 bits per heavy atom. The fraction of sp³-hybridized carbons (Fsp3) is 1.00. The number of sulfonamides is 1. The zero-order valence-corrected chi connectivity index (χ0v) is 8.92. The molecule has 1 fully saturated rings. The van der Waals surface area contributed by atoms with Crippen LogP contribution in [0.3, 0.4) is 0 Å². The largest absolute Gasteiger partial charge is 0.393 e. The highest BCUT2D eigenvalue weighted by Crippen LogP contribution is 2.22. The maximum Gasteiger partial charge on any atom is 0.213 e. The van der Waals surface area contributed by atoms with E-state index in [0.29, 0.717) is 13.1 Å².